The molecule has 128 valence electrons. The first-order valence-electron chi connectivity index (χ1n) is 9.90. The first-order valence-corrected chi connectivity index (χ1v) is 9.90. The van der Waals surface area contributed by atoms with Crippen LogP contribution in [0.25, 0.3) is 0 Å². The zero-order valence-electron chi connectivity index (χ0n) is 14.8. The molecule has 0 aromatic heterocycles. The molecular formula is C21H32O2. The molecule has 0 aromatic carbocycles. The van der Waals surface area contributed by atoms with Gasteiger partial charge in [0.25, 0.3) is 0 Å². The summed E-state index contributed by atoms with van der Waals surface area (Å²) < 4.78 is 5.78. The smallest absolute Gasteiger partial charge is 0.0963 e. The SMILES string of the molecule is CCOC1=CCC2=C(CC[C@@H]3[C@@H]2CC[C@]2(CC)[C@@H](O)CC[C@@H]32)C1. The predicted molar refractivity (Wildman–Crippen MR) is 92.9 cm³/mol. The molecule has 4 aliphatic carbocycles. The van der Waals surface area contributed by atoms with Crippen molar-refractivity contribution in [2.45, 2.75) is 77.7 Å². The van der Waals surface area contributed by atoms with Gasteiger partial charge in [-0.2, -0.15) is 0 Å². The van der Waals surface area contributed by atoms with Crippen molar-refractivity contribution in [2.24, 2.45) is 23.2 Å². The molecule has 2 nitrogen and oxygen atoms in total. The Bertz CT molecular complexity index is 532. The number of aliphatic hydroxyl groups excluding tert-OH is 1. The van der Waals surface area contributed by atoms with Crippen LogP contribution in [-0.4, -0.2) is 17.8 Å². The Kier molecular flexibility index (Phi) is 4.07. The summed E-state index contributed by atoms with van der Waals surface area (Å²) in [6.07, 6.45) is 13.1. The van der Waals surface area contributed by atoms with E-state index >= 15 is 0 Å². The fourth-order valence-corrected chi connectivity index (χ4v) is 6.64. The Labute approximate surface area is 141 Å². The van der Waals surface area contributed by atoms with Gasteiger partial charge in [0, 0.05) is 6.42 Å². The van der Waals surface area contributed by atoms with E-state index in [1.165, 1.54) is 44.3 Å². The molecule has 0 spiro atoms. The summed E-state index contributed by atoms with van der Waals surface area (Å²) in [5.74, 6) is 3.61. The minimum Gasteiger partial charge on any atom is -0.498 e. The summed E-state index contributed by atoms with van der Waals surface area (Å²) in [5.41, 5.74) is 3.70. The van der Waals surface area contributed by atoms with E-state index in [4.69, 9.17) is 4.74 Å². The van der Waals surface area contributed by atoms with Crippen LogP contribution in [0.1, 0.15) is 71.6 Å². The zero-order valence-corrected chi connectivity index (χ0v) is 14.8. The molecule has 4 aliphatic rings. The highest BCUT2D eigenvalue weighted by molar-refractivity contribution is 5.32. The maximum absolute atomic E-state index is 10.7. The number of fused-ring (bicyclic) bond motifs is 4. The minimum absolute atomic E-state index is 0.0374. The fourth-order valence-electron chi connectivity index (χ4n) is 6.64. The maximum atomic E-state index is 10.7. The van der Waals surface area contributed by atoms with Crippen LogP contribution in [0.15, 0.2) is 23.0 Å². The molecule has 0 heterocycles. The average molecular weight is 316 g/mol. The van der Waals surface area contributed by atoms with E-state index in [-0.39, 0.29) is 11.5 Å². The summed E-state index contributed by atoms with van der Waals surface area (Å²) in [4.78, 5) is 0. The summed E-state index contributed by atoms with van der Waals surface area (Å²) in [6.45, 7) is 5.19. The Hall–Kier alpha value is -0.760. The summed E-state index contributed by atoms with van der Waals surface area (Å²) >= 11 is 0. The maximum Gasteiger partial charge on any atom is 0.0963 e. The molecule has 0 aliphatic heterocycles. The van der Waals surface area contributed by atoms with E-state index < -0.39 is 0 Å². The highest BCUT2D eigenvalue weighted by Crippen LogP contribution is 2.62. The second kappa shape index (κ2) is 5.95. The Morgan fingerprint density at radius 1 is 1.22 bits per heavy atom. The second-order valence-corrected chi connectivity index (χ2v) is 8.25. The largest absolute Gasteiger partial charge is 0.498 e. The standard InChI is InChI=1S/C21H32O2/c1-3-21-12-11-17-16-8-6-15(23-4-2)13-14(16)5-7-18(17)19(21)9-10-20(21)22/h6,17-20,22H,3-5,7-13H2,1-2H3/t17-,18-,19+,20+,21+/m1/s1. The normalized spacial score (nSPS) is 42.7. The van der Waals surface area contributed by atoms with Gasteiger partial charge in [-0.15, -0.1) is 0 Å². The lowest BCUT2D eigenvalue weighted by atomic mass is 9.53. The van der Waals surface area contributed by atoms with Crippen molar-refractivity contribution in [3.05, 3.63) is 23.0 Å². The van der Waals surface area contributed by atoms with E-state index in [0.717, 1.165) is 43.6 Å². The van der Waals surface area contributed by atoms with Gasteiger partial charge in [0.1, 0.15) is 0 Å². The van der Waals surface area contributed by atoms with Gasteiger partial charge in [-0.1, -0.05) is 18.1 Å². The lowest BCUT2D eigenvalue weighted by Crippen LogP contribution is -2.46. The lowest BCUT2D eigenvalue weighted by molar-refractivity contribution is -0.0474. The number of hydrogen-bond acceptors (Lipinski definition) is 2. The summed E-state index contributed by atoms with van der Waals surface area (Å²) in [7, 11) is 0. The number of hydrogen-bond donors (Lipinski definition) is 1. The quantitative estimate of drug-likeness (QED) is 0.744. The topological polar surface area (TPSA) is 29.5 Å². The van der Waals surface area contributed by atoms with E-state index in [2.05, 4.69) is 19.9 Å². The van der Waals surface area contributed by atoms with Crippen LogP contribution < -0.4 is 0 Å². The fraction of sp³-hybridized carbons (Fsp3) is 0.810. The highest BCUT2D eigenvalue weighted by atomic mass is 16.5. The molecule has 0 amide bonds. The van der Waals surface area contributed by atoms with E-state index in [1.54, 1.807) is 11.1 Å². The van der Waals surface area contributed by atoms with E-state index in [9.17, 15) is 5.11 Å². The van der Waals surface area contributed by atoms with Crippen LogP contribution in [-0.2, 0) is 4.74 Å². The third-order valence-corrected chi connectivity index (χ3v) is 7.71. The number of aliphatic hydroxyl groups is 1. The molecule has 4 rings (SSSR count). The third-order valence-electron chi connectivity index (χ3n) is 7.71. The van der Waals surface area contributed by atoms with Crippen molar-refractivity contribution < 1.29 is 9.84 Å². The molecule has 0 aromatic rings. The van der Waals surface area contributed by atoms with Crippen LogP contribution in [0.2, 0.25) is 0 Å². The number of rotatable bonds is 3. The van der Waals surface area contributed by atoms with Crippen molar-refractivity contribution >= 4 is 0 Å². The Morgan fingerprint density at radius 3 is 2.87 bits per heavy atom. The van der Waals surface area contributed by atoms with Gasteiger partial charge in [0.2, 0.25) is 0 Å². The van der Waals surface area contributed by atoms with Gasteiger partial charge in [0.15, 0.2) is 0 Å². The van der Waals surface area contributed by atoms with Crippen molar-refractivity contribution in [2.75, 3.05) is 6.61 Å². The van der Waals surface area contributed by atoms with Crippen LogP contribution >= 0.6 is 0 Å². The second-order valence-electron chi connectivity index (χ2n) is 8.25. The average Bonchev–Trinajstić information content (AvgIpc) is 2.92. The molecule has 23 heavy (non-hydrogen) atoms. The summed E-state index contributed by atoms with van der Waals surface area (Å²) in [5, 5.41) is 10.7. The molecule has 0 saturated heterocycles. The van der Waals surface area contributed by atoms with Crippen molar-refractivity contribution in [1.29, 1.82) is 0 Å². The molecule has 0 unspecified atom stereocenters. The highest BCUT2D eigenvalue weighted by Gasteiger charge is 2.56. The number of allylic oxidation sites excluding steroid dienone is 3. The lowest BCUT2D eigenvalue weighted by Gasteiger charge is -2.52. The Morgan fingerprint density at radius 2 is 2.09 bits per heavy atom. The monoisotopic (exact) mass is 316 g/mol. The molecule has 2 fully saturated rings. The molecule has 0 bridgehead atoms. The van der Waals surface area contributed by atoms with E-state index in [1.807, 2.05) is 0 Å². The Balaban J connectivity index is 1.57. The van der Waals surface area contributed by atoms with Gasteiger partial charge in [-0.05, 0) is 87.5 Å². The van der Waals surface area contributed by atoms with Crippen LogP contribution in [0.3, 0.4) is 0 Å². The van der Waals surface area contributed by atoms with Gasteiger partial charge >= 0.3 is 0 Å². The molecule has 0 radical (unpaired) electrons. The van der Waals surface area contributed by atoms with E-state index in [0.29, 0.717) is 0 Å². The third kappa shape index (κ3) is 2.32. The van der Waals surface area contributed by atoms with Gasteiger partial charge in [0.05, 0.1) is 18.5 Å². The predicted octanol–water partition coefficient (Wildman–Crippen LogP) is 4.98. The van der Waals surface area contributed by atoms with Gasteiger partial charge in [-0.25, -0.2) is 0 Å². The minimum atomic E-state index is -0.0374. The van der Waals surface area contributed by atoms with Crippen LogP contribution in [0.5, 0.6) is 0 Å². The first-order chi connectivity index (χ1) is 11.2. The van der Waals surface area contributed by atoms with Crippen LogP contribution in [0.4, 0.5) is 0 Å². The summed E-state index contributed by atoms with van der Waals surface area (Å²) in [6, 6.07) is 0. The van der Waals surface area contributed by atoms with Crippen molar-refractivity contribution in [3.8, 4) is 0 Å². The zero-order chi connectivity index (χ0) is 16.0. The molecule has 2 heteroatoms. The molecule has 1 N–H and O–H groups in total. The van der Waals surface area contributed by atoms with Gasteiger partial charge < -0.3 is 9.84 Å². The molecule has 5 atom stereocenters. The molecular weight excluding hydrogens is 284 g/mol. The van der Waals surface area contributed by atoms with Crippen molar-refractivity contribution in [3.63, 3.8) is 0 Å². The first kappa shape index (κ1) is 15.7. The van der Waals surface area contributed by atoms with Crippen LogP contribution in [0, 0.1) is 23.2 Å². The van der Waals surface area contributed by atoms with Crippen molar-refractivity contribution in [1.82, 2.24) is 0 Å². The van der Waals surface area contributed by atoms with Gasteiger partial charge in [-0.3, -0.25) is 0 Å². The molecule has 2 saturated carbocycles. The number of ether oxygens (including phenoxy) is 1.